The van der Waals surface area contributed by atoms with Crippen molar-refractivity contribution in [2.45, 2.75) is 40.0 Å². The predicted molar refractivity (Wildman–Crippen MR) is 118 cm³/mol. The predicted octanol–water partition coefficient (Wildman–Crippen LogP) is 2.85. The van der Waals surface area contributed by atoms with Crippen molar-refractivity contribution in [1.29, 1.82) is 0 Å². The molecule has 2 heterocycles. The summed E-state index contributed by atoms with van der Waals surface area (Å²) in [6, 6.07) is 7.85. The van der Waals surface area contributed by atoms with Crippen molar-refractivity contribution in [3.63, 3.8) is 0 Å². The van der Waals surface area contributed by atoms with Crippen molar-refractivity contribution in [2.24, 2.45) is 0 Å². The van der Waals surface area contributed by atoms with E-state index in [1.54, 1.807) is 0 Å². The molecular formula is C20H29ClN6OS. The van der Waals surface area contributed by atoms with Gasteiger partial charge in [0.05, 0.1) is 13.2 Å². The van der Waals surface area contributed by atoms with E-state index in [9.17, 15) is 4.79 Å². The van der Waals surface area contributed by atoms with E-state index in [4.69, 9.17) is 28.9 Å². The lowest BCUT2D eigenvalue weighted by atomic mass is 10.2. The van der Waals surface area contributed by atoms with Crippen LogP contribution in [0.2, 0.25) is 5.02 Å². The maximum atomic E-state index is 12.0. The highest BCUT2D eigenvalue weighted by Gasteiger charge is 2.21. The number of carbonyl (C=O) groups excluding carboxylic acids is 1. The van der Waals surface area contributed by atoms with Crippen LogP contribution in [0.15, 0.2) is 24.3 Å². The number of hydrogen-bond acceptors (Lipinski definition) is 5. The van der Waals surface area contributed by atoms with Crippen molar-refractivity contribution in [1.82, 2.24) is 29.5 Å². The van der Waals surface area contributed by atoms with Gasteiger partial charge in [0.25, 0.3) is 0 Å². The highest BCUT2D eigenvalue weighted by atomic mass is 35.5. The first-order valence-electron chi connectivity index (χ1n) is 10.0. The number of nitrogens with one attached hydrogen (secondary N) is 1. The molecule has 2 aromatic rings. The maximum Gasteiger partial charge on any atom is 0.234 e. The van der Waals surface area contributed by atoms with Crippen LogP contribution in [0.25, 0.3) is 11.4 Å². The molecule has 7 nitrogen and oxygen atoms in total. The molecule has 1 amide bonds. The molecule has 9 heteroatoms. The summed E-state index contributed by atoms with van der Waals surface area (Å²) in [5.41, 5.74) is 1.00. The standard InChI is InChI=1S/C20H29ClN6OS/c1-4-26-19(16-5-7-17(21)8-6-16)23-27(20(26)29)14-25-11-9-24(10-12-25)13-18(28)22-15(2)3/h5-8,15H,4,9-14H2,1-3H3,(H,22,28). The van der Waals surface area contributed by atoms with E-state index < -0.39 is 0 Å². The number of nitrogens with zero attached hydrogens (tertiary/aromatic N) is 5. The van der Waals surface area contributed by atoms with Crippen LogP contribution in [0.1, 0.15) is 20.8 Å². The van der Waals surface area contributed by atoms with E-state index in [-0.39, 0.29) is 11.9 Å². The normalized spacial score (nSPS) is 15.8. The van der Waals surface area contributed by atoms with Gasteiger partial charge in [0.1, 0.15) is 0 Å². The number of rotatable bonds is 7. The quantitative estimate of drug-likeness (QED) is 0.676. The number of aromatic nitrogens is 3. The van der Waals surface area contributed by atoms with Gasteiger partial charge in [0.2, 0.25) is 5.91 Å². The van der Waals surface area contributed by atoms with E-state index >= 15 is 0 Å². The zero-order valence-electron chi connectivity index (χ0n) is 17.3. The van der Waals surface area contributed by atoms with E-state index in [0.29, 0.717) is 18.2 Å². The van der Waals surface area contributed by atoms with E-state index in [1.807, 2.05) is 47.4 Å². The molecule has 0 atom stereocenters. The third-order valence-corrected chi connectivity index (χ3v) is 5.64. The Bertz CT molecular complexity index is 883. The number of amides is 1. The van der Waals surface area contributed by atoms with Crippen molar-refractivity contribution >= 4 is 29.7 Å². The summed E-state index contributed by atoms with van der Waals surface area (Å²) >= 11 is 11.7. The molecule has 158 valence electrons. The molecule has 1 aliphatic heterocycles. The molecule has 0 unspecified atom stereocenters. The lowest BCUT2D eigenvalue weighted by Gasteiger charge is -2.34. The van der Waals surface area contributed by atoms with Crippen LogP contribution in [0.5, 0.6) is 0 Å². The largest absolute Gasteiger partial charge is 0.353 e. The van der Waals surface area contributed by atoms with E-state index in [2.05, 4.69) is 22.0 Å². The average molecular weight is 437 g/mol. The van der Waals surface area contributed by atoms with Crippen molar-refractivity contribution in [3.8, 4) is 11.4 Å². The molecule has 1 aliphatic rings. The van der Waals surface area contributed by atoms with Gasteiger partial charge in [-0.3, -0.25) is 14.6 Å². The van der Waals surface area contributed by atoms with Crippen molar-refractivity contribution in [2.75, 3.05) is 32.7 Å². The maximum absolute atomic E-state index is 12.0. The molecular weight excluding hydrogens is 408 g/mol. The van der Waals surface area contributed by atoms with Crippen LogP contribution < -0.4 is 5.32 Å². The lowest BCUT2D eigenvalue weighted by Crippen LogP contribution is -2.50. The molecule has 0 saturated carbocycles. The Morgan fingerprint density at radius 3 is 2.38 bits per heavy atom. The second-order valence-corrected chi connectivity index (χ2v) is 8.42. The number of piperazine rings is 1. The molecule has 0 aliphatic carbocycles. The molecule has 1 fully saturated rings. The third-order valence-electron chi connectivity index (χ3n) is 4.96. The molecule has 0 spiro atoms. The summed E-state index contributed by atoms with van der Waals surface area (Å²) in [5.74, 6) is 0.947. The Balaban J connectivity index is 1.63. The van der Waals surface area contributed by atoms with Crippen LogP contribution in [-0.2, 0) is 18.0 Å². The van der Waals surface area contributed by atoms with Crippen molar-refractivity contribution < 1.29 is 4.79 Å². The van der Waals surface area contributed by atoms with Gasteiger partial charge in [0, 0.05) is 49.4 Å². The zero-order chi connectivity index (χ0) is 21.0. The Labute approximate surface area is 182 Å². The van der Waals surface area contributed by atoms with Gasteiger partial charge in [-0.2, -0.15) is 5.10 Å². The highest BCUT2D eigenvalue weighted by molar-refractivity contribution is 7.71. The highest BCUT2D eigenvalue weighted by Crippen LogP contribution is 2.21. The van der Waals surface area contributed by atoms with Crippen molar-refractivity contribution in [3.05, 3.63) is 34.1 Å². The molecule has 1 aromatic carbocycles. The monoisotopic (exact) mass is 436 g/mol. The van der Waals surface area contributed by atoms with Gasteiger partial charge < -0.3 is 9.88 Å². The molecule has 1 N–H and O–H groups in total. The molecule has 3 rings (SSSR count). The molecule has 29 heavy (non-hydrogen) atoms. The molecule has 1 saturated heterocycles. The van der Waals surface area contributed by atoms with Crippen LogP contribution in [0, 0.1) is 4.77 Å². The fourth-order valence-electron chi connectivity index (χ4n) is 3.48. The van der Waals surface area contributed by atoms with Gasteiger partial charge in [-0.25, -0.2) is 4.68 Å². The minimum Gasteiger partial charge on any atom is -0.353 e. The first kappa shape index (κ1) is 22.0. The summed E-state index contributed by atoms with van der Waals surface area (Å²) in [7, 11) is 0. The Morgan fingerprint density at radius 1 is 1.17 bits per heavy atom. The number of halogens is 1. The summed E-state index contributed by atoms with van der Waals surface area (Å²) in [4.78, 5) is 16.5. The lowest BCUT2D eigenvalue weighted by molar-refractivity contribution is -0.123. The van der Waals surface area contributed by atoms with Crippen LogP contribution in [0.4, 0.5) is 0 Å². The fourth-order valence-corrected chi connectivity index (χ4v) is 3.92. The summed E-state index contributed by atoms with van der Waals surface area (Å²) in [5, 5.41) is 8.44. The minimum atomic E-state index is 0.0879. The molecule has 0 radical (unpaired) electrons. The zero-order valence-corrected chi connectivity index (χ0v) is 18.8. The minimum absolute atomic E-state index is 0.0879. The number of carbonyl (C=O) groups is 1. The summed E-state index contributed by atoms with van der Waals surface area (Å²) in [6.07, 6.45) is 0. The molecule has 0 bridgehead atoms. The van der Waals surface area contributed by atoms with Crippen LogP contribution in [0.3, 0.4) is 0 Å². The smallest absolute Gasteiger partial charge is 0.234 e. The Hall–Kier alpha value is -1.74. The van der Waals surface area contributed by atoms with Gasteiger partial charge in [-0.15, -0.1) is 0 Å². The number of benzene rings is 1. The second-order valence-electron chi connectivity index (χ2n) is 7.61. The van der Waals surface area contributed by atoms with Gasteiger partial charge in [-0.05, 0) is 57.3 Å². The Kier molecular flexibility index (Phi) is 7.45. The third kappa shape index (κ3) is 5.66. The number of hydrogen-bond donors (Lipinski definition) is 1. The molecule has 1 aromatic heterocycles. The van der Waals surface area contributed by atoms with Gasteiger partial charge in [0.15, 0.2) is 10.6 Å². The topological polar surface area (TPSA) is 58.3 Å². The SMILES string of the molecule is CCn1c(-c2ccc(Cl)cc2)nn(CN2CCN(CC(=O)NC(C)C)CC2)c1=S. The first-order chi connectivity index (χ1) is 13.9. The van der Waals surface area contributed by atoms with Gasteiger partial charge >= 0.3 is 0 Å². The van der Waals surface area contributed by atoms with E-state index in [1.165, 1.54) is 0 Å². The average Bonchev–Trinajstić information content (AvgIpc) is 2.98. The van der Waals surface area contributed by atoms with Gasteiger partial charge in [-0.1, -0.05) is 11.6 Å². The summed E-state index contributed by atoms with van der Waals surface area (Å²) < 4.78 is 4.66. The summed E-state index contributed by atoms with van der Waals surface area (Å²) in [6.45, 7) is 11.4. The first-order valence-corrected chi connectivity index (χ1v) is 10.8. The van der Waals surface area contributed by atoms with E-state index in [0.717, 1.165) is 48.9 Å². The van der Waals surface area contributed by atoms with Crippen LogP contribution >= 0.6 is 23.8 Å². The van der Waals surface area contributed by atoms with Crippen LogP contribution in [-0.4, -0.2) is 68.8 Å². The second kappa shape index (κ2) is 9.84. The Morgan fingerprint density at radius 2 is 1.79 bits per heavy atom. The fraction of sp³-hybridized carbons (Fsp3) is 0.550.